The van der Waals surface area contributed by atoms with E-state index in [4.69, 9.17) is 0 Å². The van der Waals surface area contributed by atoms with Crippen molar-refractivity contribution in [2.45, 2.75) is 31.0 Å². The topological polar surface area (TPSA) is 52.5 Å². The van der Waals surface area contributed by atoms with Gasteiger partial charge in [-0.1, -0.05) is 0 Å². The van der Waals surface area contributed by atoms with Gasteiger partial charge in [0, 0.05) is 19.5 Å². The van der Waals surface area contributed by atoms with Gasteiger partial charge in [-0.3, -0.25) is 0 Å². The number of hydrogen-bond donors (Lipinski definition) is 3. The summed E-state index contributed by atoms with van der Waals surface area (Å²) in [5.74, 6) is -2.83. The van der Waals surface area contributed by atoms with Crippen molar-refractivity contribution in [1.29, 1.82) is 0 Å². The van der Waals surface area contributed by atoms with E-state index in [1.54, 1.807) is 0 Å². The molecule has 3 N–H and O–H groups in total. The van der Waals surface area contributed by atoms with Crippen molar-refractivity contribution in [3.63, 3.8) is 0 Å². The molecule has 1 saturated heterocycles. The number of piperidine rings is 1. The van der Waals surface area contributed by atoms with Crippen LogP contribution in [0.5, 0.6) is 0 Å². The lowest BCUT2D eigenvalue weighted by Crippen LogP contribution is -2.69. The first kappa shape index (κ1) is 9.30. The number of aliphatic hydroxyl groups is 2. The molecule has 76 valence electrons. The van der Waals surface area contributed by atoms with Gasteiger partial charge in [0.1, 0.15) is 0 Å². The Morgan fingerprint density at radius 1 is 1.23 bits per heavy atom. The maximum atomic E-state index is 13.2. The van der Waals surface area contributed by atoms with Gasteiger partial charge in [0.25, 0.3) is 5.92 Å². The average molecular weight is 193 g/mol. The Morgan fingerprint density at radius 2 is 1.92 bits per heavy atom. The van der Waals surface area contributed by atoms with Crippen LogP contribution in [0.25, 0.3) is 0 Å². The van der Waals surface area contributed by atoms with Crippen LogP contribution >= 0.6 is 0 Å². The van der Waals surface area contributed by atoms with Crippen molar-refractivity contribution in [2.75, 3.05) is 13.1 Å². The van der Waals surface area contributed by atoms with Crippen LogP contribution in [0.1, 0.15) is 12.8 Å². The van der Waals surface area contributed by atoms with Crippen LogP contribution in [0, 0.1) is 5.41 Å². The minimum atomic E-state index is -2.83. The van der Waals surface area contributed by atoms with Gasteiger partial charge in [0.15, 0.2) is 0 Å². The van der Waals surface area contributed by atoms with Crippen LogP contribution < -0.4 is 5.32 Å². The van der Waals surface area contributed by atoms with Crippen molar-refractivity contribution >= 4 is 0 Å². The summed E-state index contributed by atoms with van der Waals surface area (Å²) in [6.07, 6.45) is -2.26. The molecule has 1 aliphatic heterocycles. The average Bonchev–Trinajstić information content (AvgIpc) is 2.08. The lowest BCUT2D eigenvalue weighted by atomic mass is 9.59. The number of halogens is 2. The summed E-state index contributed by atoms with van der Waals surface area (Å²) in [6.45, 7) is 0.289. The minimum Gasteiger partial charge on any atom is -0.390 e. The highest BCUT2D eigenvalue weighted by molar-refractivity contribution is 5.11. The summed E-state index contributed by atoms with van der Waals surface area (Å²) in [7, 11) is 0. The summed E-state index contributed by atoms with van der Waals surface area (Å²) < 4.78 is 26.4. The van der Waals surface area contributed by atoms with Gasteiger partial charge in [0.2, 0.25) is 0 Å². The van der Waals surface area contributed by atoms with E-state index in [-0.39, 0.29) is 25.9 Å². The summed E-state index contributed by atoms with van der Waals surface area (Å²) in [5.41, 5.74) is -1.41. The van der Waals surface area contributed by atoms with Gasteiger partial charge < -0.3 is 15.5 Å². The molecular weight excluding hydrogens is 180 g/mol. The normalized spacial score (nSPS) is 48.9. The second-order valence-corrected chi connectivity index (χ2v) is 4.00. The third kappa shape index (κ3) is 1.04. The van der Waals surface area contributed by atoms with Gasteiger partial charge >= 0.3 is 0 Å². The molecule has 0 aromatic rings. The van der Waals surface area contributed by atoms with E-state index in [0.29, 0.717) is 0 Å². The number of β-amino-alcohol motifs (C(OH)–C–C–N with tert-alkyl or cyclic N) is 1. The molecule has 0 aromatic carbocycles. The molecule has 1 aliphatic carbocycles. The predicted molar refractivity (Wildman–Crippen MR) is 41.5 cm³/mol. The zero-order valence-corrected chi connectivity index (χ0v) is 7.13. The van der Waals surface area contributed by atoms with E-state index in [2.05, 4.69) is 5.32 Å². The molecule has 0 amide bonds. The molecule has 0 radical (unpaired) electrons. The van der Waals surface area contributed by atoms with Crippen LogP contribution in [0.4, 0.5) is 8.78 Å². The fraction of sp³-hybridized carbons (Fsp3) is 1.00. The van der Waals surface area contributed by atoms with E-state index in [1.165, 1.54) is 0 Å². The molecule has 2 rings (SSSR count). The first-order valence-corrected chi connectivity index (χ1v) is 4.44. The van der Waals surface area contributed by atoms with Gasteiger partial charge in [-0.15, -0.1) is 0 Å². The lowest BCUT2D eigenvalue weighted by molar-refractivity contribution is -0.266. The molecule has 1 heterocycles. The van der Waals surface area contributed by atoms with E-state index in [1.807, 2.05) is 0 Å². The van der Waals surface area contributed by atoms with Gasteiger partial charge in [-0.25, -0.2) is 8.78 Å². The van der Waals surface area contributed by atoms with Crippen molar-refractivity contribution < 1.29 is 19.0 Å². The highest BCUT2D eigenvalue weighted by atomic mass is 19.3. The van der Waals surface area contributed by atoms with Crippen molar-refractivity contribution in [3.8, 4) is 0 Å². The van der Waals surface area contributed by atoms with Gasteiger partial charge in [0.05, 0.1) is 17.6 Å². The maximum absolute atomic E-state index is 13.2. The van der Waals surface area contributed by atoms with Crippen molar-refractivity contribution in [1.82, 2.24) is 5.32 Å². The molecule has 13 heavy (non-hydrogen) atoms. The minimum absolute atomic E-state index is 0.0955. The molecule has 5 heteroatoms. The zero-order valence-electron chi connectivity index (χ0n) is 7.13. The SMILES string of the molecule is OC1CNCC2(CCC2(F)F)C1O. The number of alkyl halides is 2. The first-order valence-electron chi connectivity index (χ1n) is 4.44. The molecule has 2 aliphatic rings. The monoisotopic (exact) mass is 193 g/mol. The van der Waals surface area contributed by atoms with Crippen LogP contribution in [0.3, 0.4) is 0 Å². The Hall–Kier alpha value is -0.260. The molecule has 3 unspecified atom stereocenters. The zero-order chi connectivity index (χ0) is 9.69. The van der Waals surface area contributed by atoms with Crippen molar-refractivity contribution in [2.24, 2.45) is 5.41 Å². The number of aliphatic hydroxyl groups excluding tert-OH is 2. The van der Waals surface area contributed by atoms with E-state index < -0.39 is 23.5 Å². The summed E-state index contributed by atoms with van der Waals surface area (Å²) in [4.78, 5) is 0. The number of hydrogen-bond acceptors (Lipinski definition) is 3. The smallest absolute Gasteiger partial charge is 0.257 e. The largest absolute Gasteiger partial charge is 0.390 e. The first-order chi connectivity index (χ1) is 6.00. The van der Waals surface area contributed by atoms with Crippen molar-refractivity contribution in [3.05, 3.63) is 0 Å². The lowest BCUT2D eigenvalue weighted by Gasteiger charge is -2.55. The van der Waals surface area contributed by atoms with Crippen LogP contribution in [0.2, 0.25) is 0 Å². The quantitative estimate of drug-likeness (QED) is 0.496. The standard InChI is InChI=1S/C8H13F2NO2/c9-8(10)2-1-7(8)4-11-3-5(12)6(7)13/h5-6,11-13H,1-4H2. The number of rotatable bonds is 0. The molecule has 0 bridgehead atoms. The molecule has 1 spiro atoms. The highest BCUT2D eigenvalue weighted by Gasteiger charge is 2.67. The second kappa shape index (κ2) is 2.62. The summed E-state index contributed by atoms with van der Waals surface area (Å²) in [5, 5.41) is 21.5. The fourth-order valence-corrected chi connectivity index (χ4v) is 2.24. The fourth-order valence-electron chi connectivity index (χ4n) is 2.24. The molecule has 2 fully saturated rings. The Balaban J connectivity index is 2.21. The third-order valence-electron chi connectivity index (χ3n) is 3.34. The molecular formula is C8H13F2NO2. The molecule has 3 nitrogen and oxygen atoms in total. The molecule has 0 aromatic heterocycles. The van der Waals surface area contributed by atoms with Gasteiger partial charge in [-0.05, 0) is 6.42 Å². The van der Waals surface area contributed by atoms with Gasteiger partial charge in [-0.2, -0.15) is 0 Å². The second-order valence-electron chi connectivity index (χ2n) is 4.00. The highest BCUT2D eigenvalue weighted by Crippen LogP contribution is 2.57. The molecule has 3 atom stereocenters. The van der Waals surface area contributed by atoms with E-state index in [0.717, 1.165) is 0 Å². The Morgan fingerprint density at radius 3 is 2.31 bits per heavy atom. The summed E-state index contributed by atoms with van der Waals surface area (Å²) in [6, 6.07) is 0. The molecule has 1 saturated carbocycles. The summed E-state index contributed by atoms with van der Waals surface area (Å²) >= 11 is 0. The Bertz CT molecular complexity index is 224. The Labute approximate surface area is 74.8 Å². The maximum Gasteiger partial charge on any atom is 0.257 e. The number of nitrogens with one attached hydrogen (secondary N) is 1. The van der Waals surface area contributed by atoms with Crippen LogP contribution in [-0.2, 0) is 0 Å². The third-order valence-corrected chi connectivity index (χ3v) is 3.34. The van der Waals surface area contributed by atoms with E-state index in [9.17, 15) is 19.0 Å². The van der Waals surface area contributed by atoms with E-state index >= 15 is 0 Å². The van der Waals surface area contributed by atoms with Crippen LogP contribution in [0.15, 0.2) is 0 Å². The van der Waals surface area contributed by atoms with Crippen LogP contribution in [-0.4, -0.2) is 41.4 Å². The predicted octanol–water partition coefficient (Wildman–Crippen LogP) is -0.273. The Kier molecular flexibility index (Phi) is 1.87.